The molecular weight excluding hydrogens is 463 g/mol. The number of amides is 1. The lowest BCUT2D eigenvalue weighted by molar-refractivity contribution is 0.0951. The molecule has 33 heavy (non-hydrogen) atoms. The molecule has 1 amide bonds. The molecule has 0 bridgehead atoms. The van der Waals surface area contributed by atoms with Crippen LogP contribution in [-0.2, 0) is 19.6 Å². The van der Waals surface area contributed by atoms with Crippen LogP contribution in [-0.4, -0.2) is 32.8 Å². The van der Waals surface area contributed by atoms with E-state index in [0.717, 1.165) is 16.5 Å². The Labute approximate surface area is 200 Å². The van der Waals surface area contributed by atoms with E-state index in [4.69, 9.17) is 27.9 Å². The second-order valence-corrected chi connectivity index (χ2v) is 8.04. The predicted molar refractivity (Wildman–Crippen MR) is 129 cm³/mol. The molecule has 0 saturated carbocycles. The van der Waals surface area contributed by atoms with Crippen LogP contribution in [0.4, 0.5) is 5.69 Å². The van der Waals surface area contributed by atoms with E-state index in [-0.39, 0.29) is 5.91 Å². The Balaban J connectivity index is 1.64. The average molecular weight is 485 g/mol. The third-order valence-electron chi connectivity index (χ3n) is 5.14. The minimum absolute atomic E-state index is 0.251. The van der Waals surface area contributed by atoms with Crippen molar-refractivity contribution in [3.63, 3.8) is 0 Å². The molecular formula is C23H22Cl2N6O2. The molecule has 0 saturated heterocycles. The van der Waals surface area contributed by atoms with Crippen molar-refractivity contribution >= 4 is 45.8 Å². The Bertz CT molecular complexity index is 1270. The van der Waals surface area contributed by atoms with Crippen molar-refractivity contribution in [3.8, 4) is 5.75 Å². The number of aryl methyl sites for hydroxylation is 1. The van der Waals surface area contributed by atoms with Gasteiger partial charge >= 0.3 is 0 Å². The largest absolute Gasteiger partial charge is 0.494 e. The Morgan fingerprint density at radius 1 is 1.09 bits per heavy atom. The van der Waals surface area contributed by atoms with Gasteiger partial charge in [-0.25, -0.2) is 9.67 Å². The highest BCUT2D eigenvalue weighted by Crippen LogP contribution is 2.34. The molecule has 170 valence electrons. The van der Waals surface area contributed by atoms with E-state index >= 15 is 0 Å². The summed E-state index contributed by atoms with van der Waals surface area (Å²) in [6.07, 6.45) is 6.65. The fraction of sp³-hybridized carbons (Fsp3) is 0.217. The highest BCUT2D eigenvalue weighted by molar-refractivity contribution is 6.37. The maximum atomic E-state index is 13.1. The maximum absolute atomic E-state index is 13.1. The lowest BCUT2D eigenvalue weighted by atomic mass is 10.1. The average Bonchev–Trinajstić information content (AvgIpc) is 3.25. The highest BCUT2D eigenvalue weighted by Gasteiger charge is 2.18. The molecule has 4 rings (SSSR count). The third kappa shape index (κ3) is 4.86. The Kier molecular flexibility index (Phi) is 6.96. The van der Waals surface area contributed by atoms with Gasteiger partial charge in [-0.2, -0.15) is 5.10 Å². The molecule has 3 aromatic heterocycles. The quantitative estimate of drug-likeness (QED) is 0.376. The number of nitrogens with zero attached hydrogens (tertiary/aromatic N) is 4. The van der Waals surface area contributed by atoms with Crippen molar-refractivity contribution in [1.82, 2.24) is 25.1 Å². The normalized spacial score (nSPS) is 10.9. The molecule has 0 spiro atoms. The summed E-state index contributed by atoms with van der Waals surface area (Å²) >= 11 is 12.6. The monoisotopic (exact) mass is 484 g/mol. The lowest BCUT2D eigenvalue weighted by Gasteiger charge is -2.15. The Morgan fingerprint density at radius 3 is 2.48 bits per heavy atom. The summed E-state index contributed by atoms with van der Waals surface area (Å²) in [5, 5.41) is 12.3. The summed E-state index contributed by atoms with van der Waals surface area (Å²) in [6, 6.07) is 7.25. The molecule has 0 atom stereocenters. The Hall–Kier alpha value is -3.36. The van der Waals surface area contributed by atoms with Crippen LogP contribution < -0.4 is 15.4 Å². The predicted octanol–water partition coefficient (Wildman–Crippen LogP) is 4.70. The number of carbonyl (C=O) groups excluding carboxylic acids is 1. The molecule has 0 radical (unpaired) electrons. The number of methoxy groups -OCH3 is 1. The summed E-state index contributed by atoms with van der Waals surface area (Å²) in [5.74, 6) is 0.174. The first-order chi connectivity index (χ1) is 16.0. The summed E-state index contributed by atoms with van der Waals surface area (Å²) in [5.41, 5.74) is 3.52. The summed E-state index contributed by atoms with van der Waals surface area (Å²) in [7, 11) is 1.51. The molecule has 0 aliphatic heterocycles. The highest BCUT2D eigenvalue weighted by atomic mass is 35.5. The van der Waals surface area contributed by atoms with Crippen molar-refractivity contribution in [2.75, 3.05) is 12.4 Å². The first-order valence-electron chi connectivity index (χ1n) is 10.3. The first kappa shape index (κ1) is 22.8. The van der Waals surface area contributed by atoms with Gasteiger partial charge < -0.3 is 15.4 Å². The standard InChI is InChI=1S/C23H22Cl2N6O2/c1-3-31-22-16(13-30-31)20(27-11-15-8-18(24)21(33-2)19(25)9-15)17(12-28-22)23(32)29-10-14-4-6-26-7-5-14/h4-9,12-13H,3,10-11H2,1-2H3,(H,27,28)(H,29,32). The van der Waals surface area contributed by atoms with E-state index in [9.17, 15) is 4.79 Å². The van der Waals surface area contributed by atoms with Gasteiger partial charge in [0.05, 0.1) is 40.0 Å². The van der Waals surface area contributed by atoms with Gasteiger partial charge in [0, 0.05) is 38.2 Å². The van der Waals surface area contributed by atoms with Gasteiger partial charge in [-0.1, -0.05) is 23.2 Å². The van der Waals surface area contributed by atoms with E-state index in [1.807, 2.05) is 19.1 Å². The maximum Gasteiger partial charge on any atom is 0.255 e. The number of aromatic nitrogens is 4. The molecule has 2 N–H and O–H groups in total. The van der Waals surface area contributed by atoms with Crippen LogP contribution in [0.15, 0.2) is 49.1 Å². The smallest absolute Gasteiger partial charge is 0.255 e. The van der Waals surface area contributed by atoms with Crippen molar-refractivity contribution in [2.24, 2.45) is 0 Å². The first-order valence-corrected chi connectivity index (χ1v) is 11.0. The van der Waals surface area contributed by atoms with Crippen molar-refractivity contribution in [1.29, 1.82) is 0 Å². The number of halogens is 2. The van der Waals surface area contributed by atoms with Crippen LogP contribution in [0.2, 0.25) is 10.0 Å². The SMILES string of the molecule is CCn1ncc2c(NCc3cc(Cl)c(OC)c(Cl)c3)c(C(=O)NCc3ccncc3)cnc21. The van der Waals surface area contributed by atoms with Gasteiger partial charge in [0.15, 0.2) is 11.4 Å². The van der Waals surface area contributed by atoms with Crippen LogP contribution in [0, 0.1) is 0 Å². The van der Waals surface area contributed by atoms with E-state index in [2.05, 4.69) is 25.7 Å². The fourth-order valence-electron chi connectivity index (χ4n) is 3.50. The Morgan fingerprint density at radius 2 is 1.82 bits per heavy atom. The van der Waals surface area contributed by atoms with E-state index in [0.29, 0.717) is 52.3 Å². The van der Waals surface area contributed by atoms with E-state index < -0.39 is 0 Å². The van der Waals surface area contributed by atoms with Gasteiger partial charge in [0.1, 0.15) is 0 Å². The lowest BCUT2D eigenvalue weighted by Crippen LogP contribution is -2.24. The van der Waals surface area contributed by atoms with Crippen molar-refractivity contribution in [3.05, 3.63) is 75.8 Å². The van der Waals surface area contributed by atoms with Gasteiger partial charge in [-0.3, -0.25) is 9.78 Å². The molecule has 0 aliphatic carbocycles. The van der Waals surface area contributed by atoms with Crippen LogP contribution in [0.5, 0.6) is 5.75 Å². The number of benzene rings is 1. The number of carbonyl (C=O) groups is 1. The van der Waals surface area contributed by atoms with Gasteiger partial charge in [-0.15, -0.1) is 0 Å². The summed E-state index contributed by atoms with van der Waals surface area (Å²) in [4.78, 5) is 21.6. The zero-order chi connectivity index (χ0) is 23.4. The molecule has 3 heterocycles. The minimum Gasteiger partial charge on any atom is -0.494 e. The zero-order valence-corrected chi connectivity index (χ0v) is 19.6. The molecule has 1 aromatic carbocycles. The van der Waals surface area contributed by atoms with Gasteiger partial charge in [0.2, 0.25) is 0 Å². The number of hydrogen-bond acceptors (Lipinski definition) is 6. The summed E-state index contributed by atoms with van der Waals surface area (Å²) < 4.78 is 7.00. The zero-order valence-electron chi connectivity index (χ0n) is 18.1. The number of ether oxygens (including phenoxy) is 1. The van der Waals surface area contributed by atoms with Crippen LogP contribution in [0.3, 0.4) is 0 Å². The van der Waals surface area contributed by atoms with Gasteiger partial charge in [0.25, 0.3) is 5.91 Å². The van der Waals surface area contributed by atoms with E-state index in [1.165, 1.54) is 7.11 Å². The fourth-order valence-corrected chi connectivity index (χ4v) is 4.19. The van der Waals surface area contributed by atoms with Crippen molar-refractivity contribution in [2.45, 2.75) is 26.6 Å². The molecule has 0 unspecified atom stereocenters. The topological polar surface area (TPSA) is 94.0 Å². The second-order valence-electron chi connectivity index (χ2n) is 7.23. The molecule has 0 fully saturated rings. The number of fused-ring (bicyclic) bond motifs is 1. The van der Waals surface area contributed by atoms with Gasteiger partial charge in [-0.05, 0) is 42.3 Å². The number of rotatable bonds is 8. The number of anilines is 1. The summed E-state index contributed by atoms with van der Waals surface area (Å²) in [6.45, 7) is 3.40. The minimum atomic E-state index is -0.251. The number of hydrogen-bond donors (Lipinski definition) is 2. The van der Waals surface area contributed by atoms with Crippen LogP contribution in [0.25, 0.3) is 11.0 Å². The second kappa shape index (κ2) is 10.1. The van der Waals surface area contributed by atoms with Crippen LogP contribution in [0.1, 0.15) is 28.4 Å². The number of nitrogens with one attached hydrogen (secondary N) is 2. The molecule has 10 heteroatoms. The molecule has 8 nitrogen and oxygen atoms in total. The third-order valence-corrected chi connectivity index (χ3v) is 5.71. The van der Waals surface area contributed by atoms with Crippen molar-refractivity contribution < 1.29 is 9.53 Å². The molecule has 4 aromatic rings. The molecule has 0 aliphatic rings. The van der Waals surface area contributed by atoms with E-state index in [1.54, 1.807) is 41.6 Å². The number of pyridine rings is 2. The van der Waals surface area contributed by atoms with Crippen LogP contribution >= 0.6 is 23.2 Å².